The van der Waals surface area contributed by atoms with Crippen molar-refractivity contribution >= 4 is 0 Å². The summed E-state index contributed by atoms with van der Waals surface area (Å²) >= 11 is 0. The standard InChI is InChI=1S/C17H26N.Li/c1-17-11-6-5-7-14(17)13-16(10-12-17)18-15-8-3-2-4-9-15;/h7,13,15H,2-6,8-12H2,1H3;/q-1;+1. The van der Waals surface area contributed by atoms with E-state index in [9.17, 15) is 0 Å². The summed E-state index contributed by atoms with van der Waals surface area (Å²) in [7, 11) is 0. The third-order valence-electron chi connectivity index (χ3n) is 5.17. The van der Waals surface area contributed by atoms with Crippen LogP contribution in [0, 0.1) is 5.41 Å². The van der Waals surface area contributed by atoms with Crippen LogP contribution in [0.2, 0.25) is 0 Å². The Morgan fingerprint density at radius 2 is 1.89 bits per heavy atom. The second-order valence-electron chi connectivity index (χ2n) is 6.67. The molecule has 0 aliphatic heterocycles. The van der Waals surface area contributed by atoms with Crippen molar-refractivity contribution in [1.29, 1.82) is 0 Å². The van der Waals surface area contributed by atoms with Gasteiger partial charge in [-0.25, -0.2) is 0 Å². The van der Waals surface area contributed by atoms with Gasteiger partial charge >= 0.3 is 18.9 Å². The molecule has 0 aromatic rings. The minimum Gasteiger partial charge on any atom is -0.685 e. The molecule has 0 spiro atoms. The van der Waals surface area contributed by atoms with Crippen LogP contribution in [-0.2, 0) is 0 Å². The van der Waals surface area contributed by atoms with Crippen LogP contribution >= 0.6 is 0 Å². The summed E-state index contributed by atoms with van der Waals surface area (Å²) in [6, 6.07) is 0.638. The number of rotatable bonds is 2. The molecule has 19 heavy (non-hydrogen) atoms. The molecule has 0 aromatic heterocycles. The maximum absolute atomic E-state index is 5.04. The summed E-state index contributed by atoms with van der Waals surface area (Å²) in [6.45, 7) is 2.45. The topological polar surface area (TPSA) is 14.1 Å². The predicted molar refractivity (Wildman–Crippen MR) is 77.6 cm³/mol. The Labute approximate surface area is 130 Å². The van der Waals surface area contributed by atoms with Crippen LogP contribution in [0.3, 0.4) is 0 Å². The molecule has 0 bridgehead atoms. The zero-order chi connectivity index (χ0) is 12.4. The molecule has 3 aliphatic rings. The van der Waals surface area contributed by atoms with Crippen molar-refractivity contribution in [3.8, 4) is 0 Å². The van der Waals surface area contributed by atoms with Gasteiger partial charge in [0.05, 0.1) is 0 Å². The summed E-state index contributed by atoms with van der Waals surface area (Å²) < 4.78 is 0. The molecule has 3 rings (SSSR count). The van der Waals surface area contributed by atoms with Crippen molar-refractivity contribution in [2.24, 2.45) is 5.41 Å². The number of allylic oxidation sites excluding steroid dienone is 4. The quantitative estimate of drug-likeness (QED) is 0.670. The van der Waals surface area contributed by atoms with Gasteiger partial charge in [0.2, 0.25) is 0 Å². The molecular formula is C17H26LiN. The monoisotopic (exact) mass is 251 g/mol. The zero-order valence-corrected chi connectivity index (χ0v) is 12.8. The number of hydrogen-bond acceptors (Lipinski definition) is 0. The van der Waals surface area contributed by atoms with Crippen molar-refractivity contribution in [3.05, 3.63) is 28.7 Å². The molecule has 1 unspecified atom stereocenters. The smallest absolute Gasteiger partial charge is 0.685 e. The van der Waals surface area contributed by atoms with Crippen LogP contribution in [0.15, 0.2) is 23.4 Å². The fourth-order valence-corrected chi connectivity index (χ4v) is 3.85. The first kappa shape index (κ1) is 15.3. The fraction of sp³-hybridized carbons (Fsp3) is 0.765. The number of nitrogens with zero attached hydrogens (tertiary/aromatic N) is 1. The van der Waals surface area contributed by atoms with Gasteiger partial charge in [0.15, 0.2) is 0 Å². The minimum atomic E-state index is 0. The first-order valence-corrected chi connectivity index (χ1v) is 7.88. The van der Waals surface area contributed by atoms with E-state index in [0.717, 1.165) is 0 Å². The molecule has 1 nitrogen and oxygen atoms in total. The normalized spacial score (nSPS) is 31.6. The van der Waals surface area contributed by atoms with Crippen LogP contribution in [0.25, 0.3) is 5.32 Å². The van der Waals surface area contributed by atoms with Gasteiger partial charge < -0.3 is 5.32 Å². The van der Waals surface area contributed by atoms with E-state index in [1.54, 1.807) is 5.57 Å². The molecule has 1 saturated carbocycles. The Morgan fingerprint density at radius 1 is 1.11 bits per heavy atom. The van der Waals surface area contributed by atoms with Gasteiger partial charge in [-0.3, -0.25) is 0 Å². The van der Waals surface area contributed by atoms with Crippen molar-refractivity contribution in [1.82, 2.24) is 0 Å². The predicted octanol–water partition coefficient (Wildman–Crippen LogP) is 2.49. The van der Waals surface area contributed by atoms with E-state index in [-0.39, 0.29) is 18.9 Å². The number of hydrogen-bond donors (Lipinski definition) is 0. The van der Waals surface area contributed by atoms with Gasteiger partial charge in [0, 0.05) is 0 Å². The van der Waals surface area contributed by atoms with Gasteiger partial charge in [-0.1, -0.05) is 51.2 Å². The van der Waals surface area contributed by atoms with Crippen molar-refractivity contribution < 1.29 is 18.9 Å². The summed E-state index contributed by atoms with van der Waals surface area (Å²) in [4.78, 5) is 0. The summed E-state index contributed by atoms with van der Waals surface area (Å²) in [5.74, 6) is 0. The van der Waals surface area contributed by atoms with Gasteiger partial charge in [-0.05, 0) is 43.1 Å². The first-order valence-electron chi connectivity index (χ1n) is 7.88. The molecule has 1 atom stereocenters. The van der Waals surface area contributed by atoms with Gasteiger partial charge in [-0.2, -0.15) is 5.70 Å². The van der Waals surface area contributed by atoms with E-state index in [1.165, 1.54) is 69.9 Å². The molecule has 0 aromatic carbocycles. The Balaban J connectivity index is 0.00000133. The first-order chi connectivity index (χ1) is 8.76. The molecule has 100 valence electrons. The second-order valence-corrected chi connectivity index (χ2v) is 6.67. The van der Waals surface area contributed by atoms with E-state index in [2.05, 4.69) is 19.1 Å². The van der Waals surface area contributed by atoms with Crippen LogP contribution in [0.1, 0.15) is 71.1 Å². The van der Waals surface area contributed by atoms with E-state index in [4.69, 9.17) is 5.32 Å². The van der Waals surface area contributed by atoms with Crippen LogP contribution in [0.5, 0.6) is 0 Å². The zero-order valence-electron chi connectivity index (χ0n) is 12.8. The third-order valence-corrected chi connectivity index (χ3v) is 5.17. The average molecular weight is 251 g/mol. The Kier molecular flexibility index (Phi) is 5.27. The Bertz CT molecular complexity index is 365. The summed E-state index contributed by atoms with van der Waals surface area (Å²) in [6.07, 6.45) is 18.3. The van der Waals surface area contributed by atoms with E-state index < -0.39 is 0 Å². The maximum atomic E-state index is 5.04. The fourth-order valence-electron chi connectivity index (χ4n) is 3.85. The SMILES string of the molecule is CC12CCCC=C1C=C([N-]C1CCCCC1)CC2.[Li+]. The van der Waals surface area contributed by atoms with Gasteiger partial charge in [-0.15, -0.1) is 6.04 Å². The second kappa shape index (κ2) is 6.55. The van der Waals surface area contributed by atoms with Crippen molar-refractivity contribution in [2.75, 3.05) is 0 Å². The van der Waals surface area contributed by atoms with Crippen LogP contribution < -0.4 is 18.9 Å². The maximum Gasteiger partial charge on any atom is 1.00 e. The van der Waals surface area contributed by atoms with Crippen molar-refractivity contribution in [2.45, 2.75) is 77.2 Å². The van der Waals surface area contributed by atoms with E-state index >= 15 is 0 Å². The largest absolute Gasteiger partial charge is 1.00 e. The van der Waals surface area contributed by atoms with Crippen molar-refractivity contribution in [3.63, 3.8) is 0 Å². The molecule has 0 heterocycles. The Morgan fingerprint density at radius 3 is 2.68 bits per heavy atom. The van der Waals surface area contributed by atoms with Crippen LogP contribution in [-0.4, -0.2) is 6.04 Å². The average Bonchev–Trinajstić information content (AvgIpc) is 2.40. The van der Waals surface area contributed by atoms with Gasteiger partial charge in [0.1, 0.15) is 0 Å². The Hall–Kier alpha value is -0.123. The molecule has 0 radical (unpaired) electrons. The minimum absolute atomic E-state index is 0. The molecule has 1 fully saturated rings. The summed E-state index contributed by atoms with van der Waals surface area (Å²) in [5.41, 5.74) is 3.46. The van der Waals surface area contributed by atoms with Crippen LogP contribution in [0.4, 0.5) is 0 Å². The molecule has 2 heteroatoms. The summed E-state index contributed by atoms with van der Waals surface area (Å²) in [5, 5.41) is 5.04. The third kappa shape index (κ3) is 3.50. The van der Waals surface area contributed by atoms with E-state index in [1.807, 2.05) is 0 Å². The molecule has 0 saturated heterocycles. The number of fused-ring (bicyclic) bond motifs is 1. The molecule has 0 amide bonds. The molecule has 0 N–H and O–H groups in total. The van der Waals surface area contributed by atoms with E-state index in [0.29, 0.717) is 11.5 Å². The van der Waals surface area contributed by atoms with Gasteiger partial charge in [0.25, 0.3) is 0 Å². The molecule has 3 aliphatic carbocycles. The molecular weight excluding hydrogens is 225 g/mol.